The number of likely N-dealkylation sites (tertiary alicyclic amines) is 1. The maximum Gasteiger partial charge on any atom is 0.401 e. The van der Waals surface area contributed by atoms with E-state index in [1.807, 2.05) is 6.92 Å². The van der Waals surface area contributed by atoms with Crippen molar-refractivity contribution >= 4 is 16.8 Å². The van der Waals surface area contributed by atoms with E-state index in [1.165, 1.54) is 4.90 Å². The lowest BCUT2D eigenvalue weighted by Crippen LogP contribution is -2.47. The largest absolute Gasteiger partial charge is 0.401 e. The third kappa shape index (κ3) is 7.06. The highest BCUT2D eigenvalue weighted by Gasteiger charge is 2.34. The predicted octanol–water partition coefficient (Wildman–Crippen LogP) is 2.12. The summed E-state index contributed by atoms with van der Waals surface area (Å²) in [5.41, 5.74) is 0. The number of hydrogen-bond acceptors (Lipinski definition) is 3. The van der Waals surface area contributed by atoms with E-state index in [4.69, 9.17) is 0 Å². The van der Waals surface area contributed by atoms with Crippen molar-refractivity contribution in [3.8, 4) is 0 Å². The quantitative estimate of drug-likeness (QED) is 0.533. The summed E-state index contributed by atoms with van der Waals surface area (Å²) in [5.74, 6) is 1.58. The highest BCUT2D eigenvalue weighted by molar-refractivity contribution is 7.85. The molecular weight excluding hydrogens is 365 g/mol. The molecule has 1 aliphatic heterocycles. The van der Waals surface area contributed by atoms with E-state index in [0.29, 0.717) is 31.3 Å². The molecular formula is C17H31F3N4OS. The van der Waals surface area contributed by atoms with E-state index in [0.717, 1.165) is 32.1 Å². The van der Waals surface area contributed by atoms with E-state index in [9.17, 15) is 17.4 Å². The molecule has 1 saturated carbocycles. The fourth-order valence-electron chi connectivity index (χ4n) is 3.86. The molecule has 2 N–H and O–H groups in total. The molecule has 1 aliphatic carbocycles. The fourth-order valence-corrected chi connectivity index (χ4v) is 5.20. The number of alkyl halides is 3. The van der Waals surface area contributed by atoms with Gasteiger partial charge in [0.15, 0.2) is 5.96 Å². The first-order chi connectivity index (χ1) is 12.3. The van der Waals surface area contributed by atoms with Crippen molar-refractivity contribution in [2.24, 2.45) is 10.9 Å². The van der Waals surface area contributed by atoms with Crippen LogP contribution in [0.4, 0.5) is 13.2 Å². The summed E-state index contributed by atoms with van der Waals surface area (Å²) in [6.45, 7) is 2.70. The number of rotatable bonds is 6. The van der Waals surface area contributed by atoms with Crippen LogP contribution in [0.3, 0.4) is 0 Å². The first-order valence-electron chi connectivity index (χ1n) is 9.44. The molecule has 0 spiro atoms. The Kier molecular flexibility index (Phi) is 8.19. The van der Waals surface area contributed by atoms with Gasteiger partial charge < -0.3 is 10.6 Å². The molecule has 2 rings (SSSR count). The van der Waals surface area contributed by atoms with Gasteiger partial charge in [0.1, 0.15) is 0 Å². The Balaban J connectivity index is 1.74. The smallest absolute Gasteiger partial charge is 0.356 e. The van der Waals surface area contributed by atoms with Gasteiger partial charge in [0.25, 0.3) is 0 Å². The molecule has 0 radical (unpaired) electrons. The summed E-state index contributed by atoms with van der Waals surface area (Å²) in [6, 6.07) is 0.251. The highest BCUT2D eigenvalue weighted by Crippen LogP contribution is 2.24. The molecule has 0 amide bonds. The number of aliphatic imine (C=N–C) groups is 1. The van der Waals surface area contributed by atoms with Crippen LogP contribution in [0.2, 0.25) is 0 Å². The Morgan fingerprint density at radius 3 is 2.73 bits per heavy atom. The summed E-state index contributed by atoms with van der Waals surface area (Å²) in [7, 11) is 0.932. The van der Waals surface area contributed by atoms with Gasteiger partial charge in [-0.05, 0) is 38.1 Å². The summed E-state index contributed by atoms with van der Waals surface area (Å²) >= 11 is 0. The molecule has 2 fully saturated rings. The van der Waals surface area contributed by atoms with Crippen molar-refractivity contribution in [1.29, 1.82) is 0 Å². The zero-order valence-corrected chi connectivity index (χ0v) is 16.5. The van der Waals surface area contributed by atoms with Crippen LogP contribution in [0.25, 0.3) is 0 Å². The van der Waals surface area contributed by atoms with Gasteiger partial charge in [-0.3, -0.25) is 14.1 Å². The minimum atomic E-state index is -4.13. The van der Waals surface area contributed by atoms with Crippen molar-refractivity contribution in [2.45, 2.75) is 56.5 Å². The van der Waals surface area contributed by atoms with Gasteiger partial charge in [-0.2, -0.15) is 13.2 Å². The minimum Gasteiger partial charge on any atom is -0.356 e. The summed E-state index contributed by atoms with van der Waals surface area (Å²) in [6.07, 6.45) is 0.615. The molecule has 0 aromatic rings. The van der Waals surface area contributed by atoms with Crippen LogP contribution in [0.15, 0.2) is 4.99 Å². The van der Waals surface area contributed by atoms with Gasteiger partial charge in [0.2, 0.25) is 0 Å². The molecule has 1 heterocycles. The van der Waals surface area contributed by atoms with Crippen molar-refractivity contribution in [2.75, 3.05) is 39.0 Å². The topological polar surface area (TPSA) is 56.7 Å². The van der Waals surface area contributed by atoms with Gasteiger partial charge in [0.05, 0.1) is 6.54 Å². The third-order valence-corrected chi connectivity index (χ3v) is 6.92. The lowest BCUT2D eigenvalue weighted by atomic mass is 9.95. The zero-order chi connectivity index (χ0) is 19.2. The Bertz CT molecular complexity index is 501. The SMILES string of the molecule is CCS(=O)C1CCCC(NC(=NC)NCC2CCN(CC(F)(F)F)C2)C1. The van der Waals surface area contributed by atoms with Crippen LogP contribution < -0.4 is 10.6 Å². The van der Waals surface area contributed by atoms with Crippen LogP contribution in [0.5, 0.6) is 0 Å². The summed E-state index contributed by atoms with van der Waals surface area (Å²) in [4.78, 5) is 5.70. The van der Waals surface area contributed by atoms with Crippen LogP contribution in [0.1, 0.15) is 39.0 Å². The number of halogens is 3. The third-order valence-electron chi connectivity index (χ3n) is 5.18. The van der Waals surface area contributed by atoms with E-state index in [2.05, 4.69) is 15.6 Å². The second-order valence-corrected chi connectivity index (χ2v) is 9.26. The second-order valence-electron chi connectivity index (χ2n) is 7.26. The van der Waals surface area contributed by atoms with Gasteiger partial charge in [-0.15, -0.1) is 0 Å². The first kappa shape index (κ1) is 21.5. The zero-order valence-electron chi connectivity index (χ0n) is 15.6. The molecule has 9 heteroatoms. The molecule has 5 nitrogen and oxygen atoms in total. The molecule has 0 aromatic heterocycles. The van der Waals surface area contributed by atoms with Crippen molar-refractivity contribution in [3.05, 3.63) is 0 Å². The highest BCUT2D eigenvalue weighted by atomic mass is 32.2. The van der Waals surface area contributed by atoms with E-state index >= 15 is 0 Å². The molecule has 0 aromatic carbocycles. The Labute approximate surface area is 156 Å². The van der Waals surface area contributed by atoms with Crippen LogP contribution >= 0.6 is 0 Å². The second kappa shape index (κ2) is 9.92. The monoisotopic (exact) mass is 396 g/mol. The number of guanidine groups is 1. The van der Waals surface area contributed by atoms with Gasteiger partial charge in [-0.25, -0.2) is 0 Å². The average molecular weight is 397 g/mol. The molecule has 4 atom stereocenters. The molecule has 2 aliphatic rings. The average Bonchev–Trinajstić information content (AvgIpc) is 3.03. The van der Waals surface area contributed by atoms with Crippen LogP contribution in [-0.2, 0) is 10.8 Å². The van der Waals surface area contributed by atoms with Gasteiger partial charge >= 0.3 is 6.18 Å². The number of hydrogen-bond donors (Lipinski definition) is 2. The first-order valence-corrected chi connectivity index (χ1v) is 10.8. The standard InChI is InChI=1S/C17H31F3N4OS/c1-3-26(25)15-6-4-5-14(9-15)23-16(21-2)22-10-13-7-8-24(11-13)12-17(18,19)20/h13-15H,3-12H2,1-2H3,(H2,21,22,23). The van der Waals surface area contributed by atoms with E-state index in [-0.39, 0.29) is 17.2 Å². The Hall–Kier alpha value is -0.830. The van der Waals surface area contributed by atoms with E-state index in [1.54, 1.807) is 7.05 Å². The maximum atomic E-state index is 12.5. The lowest BCUT2D eigenvalue weighted by molar-refractivity contribution is -0.143. The molecule has 0 bridgehead atoms. The molecule has 152 valence electrons. The Morgan fingerprint density at radius 1 is 1.31 bits per heavy atom. The lowest BCUT2D eigenvalue weighted by Gasteiger charge is -2.30. The number of nitrogens with zero attached hydrogens (tertiary/aromatic N) is 2. The van der Waals surface area contributed by atoms with Crippen molar-refractivity contribution in [1.82, 2.24) is 15.5 Å². The fraction of sp³-hybridized carbons (Fsp3) is 0.941. The van der Waals surface area contributed by atoms with Crippen LogP contribution in [-0.4, -0.2) is 71.5 Å². The maximum absolute atomic E-state index is 12.5. The van der Waals surface area contributed by atoms with Crippen molar-refractivity contribution in [3.63, 3.8) is 0 Å². The van der Waals surface area contributed by atoms with Crippen LogP contribution in [0, 0.1) is 5.92 Å². The Morgan fingerprint density at radius 2 is 2.08 bits per heavy atom. The normalized spacial score (nSPS) is 29.6. The molecule has 26 heavy (non-hydrogen) atoms. The predicted molar refractivity (Wildman–Crippen MR) is 99.8 cm³/mol. The minimum absolute atomic E-state index is 0.197. The molecule has 4 unspecified atom stereocenters. The van der Waals surface area contributed by atoms with E-state index < -0.39 is 23.5 Å². The number of nitrogens with one attached hydrogen (secondary N) is 2. The van der Waals surface area contributed by atoms with Gasteiger partial charge in [-0.1, -0.05) is 13.3 Å². The van der Waals surface area contributed by atoms with Gasteiger partial charge in [0, 0.05) is 48.0 Å². The summed E-state index contributed by atoms with van der Waals surface area (Å²) in [5, 5.41) is 6.90. The molecule has 1 saturated heterocycles. The van der Waals surface area contributed by atoms with Crippen molar-refractivity contribution < 1.29 is 17.4 Å². The summed E-state index contributed by atoms with van der Waals surface area (Å²) < 4.78 is 49.5.